The van der Waals surface area contributed by atoms with Crippen LogP contribution in [-0.4, -0.2) is 48.6 Å². The Morgan fingerprint density at radius 2 is 1.81 bits per heavy atom. The Kier molecular flexibility index (Phi) is 6.63. The minimum absolute atomic E-state index is 0.0237. The lowest BCUT2D eigenvalue weighted by Crippen LogP contribution is -2.46. The number of ether oxygens (including phenoxy) is 1. The summed E-state index contributed by atoms with van der Waals surface area (Å²) in [5.74, 6) is 0.505. The Morgan fingerprint density at radius 1 is 1.09 bits per heavy atom. The first-order valence-electron chi connectivity index (χ1n) is 11.1. The van der Waals surface area contributed by atoms with Gasteiger partial charge in [-0.25, -0.2) is 4.79 Å². The zero-order valence-electron chi connectivity index (χ0n) is 18.6. The van der Waals surface area contributed by atoms with E-state index in [1.165, 1.54) is 10.9 Å². The van der Waals surface area contributed by atoms with Gasteiger partial charge in [-0.1, -0.05) is 30.3 Å². The molecule has 1 aliphatic rings. The van der Waals surface area contributed by atoms with E-state index in [4.69, 9.17) is 4.74 Å². The van der Waals surface area contributed by atoms with Crippen LogP contribution in [0.25, 0.3) is 10.9 Å². The highest BCUT2D eigenvalue weighted by Gasteiger charge is 2.27. The molecule has 2 aromatic carbocycles. The van der Waals surface area contributed by atoms with Gasteiger partial charge in [-0.3, -0.25) is 4.79 Å². The number of rotatable bonds is 6. The van der Waals surface area contributed by atoms with Crippen molar-refractivity contribution in [2.75, 3.05) is 32.1 Å². The first-order chi connectivity index (χ1) is 15.6. The van der Waals surface area contributed by atoms with Crippen LogP contribution in [-0.2, 0) is 11.2 Å². The van der Waals surface area contributed by atoms with Gasteiger partial charge in [0.25, 0.3) is 0 Å². The highest BCUT2D eigenvalue weighted by Crippen LogP contribution is 2.26. The fraction of sp³-hybridized carbons (Fsp3) is 0.360. The summed E-state index contributed by atoms with van der Waals surface area (Å²) in [5, 5.41) is 7.21. The van der Waals surface area contributed by atoms with E-state index in [0.717, 1.165) is 17.6 Å². The van der Waals surface area contributed by atoms with Crippen molar-refractivity contribution >= 4 is 28.5 Å². The van der Waals surface area contributed by atoms with Crippen LogP contribution in [0.1, 0.15) is 24.1 Å². The van der Waals surface area contributed by atoms with Gasteiger partial charge in [0, 0.05) is 42.1 Å². The number of aromatic nitrogens is 1. The summed E-state index contributed by atoms with van der Waals surface area (Å²) in [5.41, 5.74) is 4.18. The molecule has 7 heteroatoms. The van der Waals surface area contributed by atoms with E-state index in [1.54, 1.807) is 12.0 Å². The minimum Gasteiger partial charge on any atom is -0.495 e. The summed E-state index contributed by atoms with van der Waals surface area (Å²) < 4.78 is 5.30. The molecule has 2 heterocycles. The van der Waals surface area contributed by atoms with E-state index in [1.807, 2.05) is 36.4 Å². The smallest absolute Gasteiger partial charge is 0.317 e. The van der Waals surface area contributed by atoms with Gasteiger partial charge in [-0.05, 0) is 49.9 Å². The van der Waals surface area contributed by atoms with E-state index in [2.05, 4.69) is 34.7 Å². The molecule has 1 saturated heterocycles. The number of para-hydroxylation sites is 3. The second-order valence-electron chi connectivity index (χ2n) is 8.21. The molecule has 7 nitrogen and oxygen atoms in total. The van der Waals surface area contributed by atoms with Gasteiger partial charge in [-0.15, -0.1) is 0 Å². The molecule has 1 aliphatic heterocycles. The van der Waals surface area contributed by atoms with Crippen molar-refractivity contribution in [1.82, 2.24) is 15.2 Å². The van der Waals surface area contributed by atoms with Crippen molar-refractivity contribution in [3.63, 3.8) is 0 Å². The Labute approximate surface area is 188 Å². The SMILES string of the molecule is COc1ccccc1NC(=O)C1CCN(C(=O)NCCc2c(C)[nH]c3ccccc23)CC1. The van der Waals surface area contributed by atoms with Crippen LogP contribution >= 0.6 is 0 Å². The summed E-state index contributed by atoms with van der Waals surface area (Å²) in [6, 6.07) is 15.5. The summed E-state index contributed by atoms with van der Waals surface area (Å²) in [7, 11) is 1.59. The molecule has 1 fully saturated rings. The number of hydrogen-bond acceptors (Lipinski definition) is 3. The molecule has 32 heavy (non-hydrogen) atoms. The first-order valence-corrected chi connectivity index (χ1v) is 11.1. The number of carbonyl (C=O) groups excluding carboxylic acids is 2. The number of amides is 3. The van der Waals surface area contributed by atoms with Crippen molar-refractivity contribution in [2.45, 2.75) is 26.2 Å². The van der Waals surface area contributed by atoms with Crippen LogP contribution < -0.4 is 15.4 Å². The summed E-state index contributed by atoms with van der Waals surface area (Å²) >= 11 is 0. The lowest BCUT2D eigenvalue weighted by atomic mass is 9.96. The molecule has 0 bridgehead atoms. The normalized spacial score (nSPS) is 14.4. The molecule has 0 radical (unpaired) electrons. The number of likely N-dealkylation sites (tertiary alicyclic amines) is 1. The number of nitrogens with zero attached hydrogens (tertiary/aromatic N) is 1. The van der Waals surface area contributed by atoms with Crippen molar-refractivity contribution in [3.8, 4) is 5.75 Å². The fourth-order valence-corrected chi connectivity index (χ4v) is 4.39. The van der Waals surface area contributed by atoms with Gasteiger partial charge in [-0.2, -0.15) is 0 Å². The third-order valence-corrected chi connectivity index (χ3v) is 6.20. The van der Waals surface area contributed by atoms with Crippen LogP contribution in [0.15, 0.2) is 48.5 Å². The quantitative estimate of drug-likeness (QED) is 0.546. The average molecular weight is 435 g/mol. The second kappa shape index (κ2) is 9.77. The van der Waals surface area contributed by atoms with Crippen molar-refractivity contribution < 1.29 is 14.3 Å². The predicted octanol–water partition coefficient (Wildman–Crippen LogP) is 4.09. The lowest BCUT2D eigenvalue weighted by Gasteiger charge is -2.31. The Bertz CT molecular complexity index is 1100. The molecule has 168 valence electrons. The van der Waals surface area contributed by atoms with Crippen LogP contribution in [0.2, 0.25) is 0 Å². The predicted molar refractivity (Wildman–Crippen MR) is 126 cm³/mol. The molecule has 0 saturated carbocycles. The number of anilines is 1. The molecule has 0 spiro atoms. The van der Waals surface area contributed by atoms with E-state index < -0.39 is 0 Å². The molecule has 0 unspecified atom stereocenters. The molecule has 0 atom stereocenters. The zero-order valence-corrected chi connectivity index (χ0v) is 18.6. The maximum atomic E-state index is 12.7. The summed E-state index contributed by atoms with van der Waals surface area (Å²) in [4.78, 5) is 30.5. The van der Waals surface area contributed by atoms with Crippen molar-refractivity contribution in [3.05, 3.63) is 59.8 Å². The van der Waals surface area contributed by atoms with E-state index in [-0.39, 0.29) is 17.9 Å². The fourth-order valence-electron chi connectivity index (χ4n) is 4.39. The van der Waals surface area contributed by atoms with Gasteiger partial charge in [0.1, 0.15) is 5.75 Å². The third-order valence-electron chi connectivity index (χ3n) is 6.20. The standard InChI is InChI=1S/C25H30N4O3/c1-17-19(20-7-3-4-8-21(20)27-17)11-14-26-25(31)29-15-12-18(13-16-29)24(30)28-22-9-5-6-10-23(22)32-2/h3-10,18,27H,11-16H2,1-2H3,(H,26,31)(H,28,30). The number of benzene rings is 2. The van der Waals surface area contributed by atoms with Crippen LogP contribution in [0.3, 0.4) is 0 Å². The van der Waals surface area contributed by atoms with Gasteiger partial charge in [0.2, 0.25) is 5.91 Å². The number of aromatic amines is 1. The maximum Gasteiger partial charge on any atom is 0.317 e. The monoisotopic (exact) mass is 434 g/mol. The number of fused-ring (bicyclic) bond motifs is 1. The highest BCUT2D eigenvalue weighted by atomic mass is 16.5. The second-order valence-corrected chi connectivity index (χ2v) is 8.21. The Morgan fingerprint density at radius 3 is 2.59 bits per heavy atom. The van der Waals surface area contributed by atoms with E-state index >= 15 is 0 Å². The van der Waals surface area contributed by atoms with E-state index in [0.29, 0.717) is 43.9 Å². The molecule has 3 N–H and O–H groups in total. The van der Waals surface area contributed by atoms with Gasteiger partial charge in [0.05, 0.1) is 12.8 Å². The number of piperidine rings is 1. The minimum atomic E-state index is -0.113. The topological polar surface area (TPSA) is 86.5 Å². The molecule has 3 amide bonds. The van der Waals surface area contributed by atoms with Crippen molar-refractivity contribution in [1.29, 1.82) is 0 Å². The van der Waals surface area contributed by atoms with Crippen molar-refractivity contribution in [2.24, 2.45) is 5.92 Å². The highest BCUT2D eigenvalue weighted by molar-refractivity contribution is 5.94. The number of H-pyrrole nitrogens is 1. The largest absolute Gasteiger partial charge is 0.495 e. The van der Waals surface area contributed by atoms with Crippen LogP contribution in [0, 0.1) is 12.8 Å². The van der Waals surface area contributed by atoms with Crippen LogP contribution in [0.4, 0.5) is 10.5 Å². The Hall–Kier alpha value is -3.48. The lowest BCUT2D eigenvalue weighted by molar-refractivity contribution is -0.121. The van der Waals surface area contributed by atoms with Gasteiger partial charge in [0.15, 0.2) is 0 Å². The molecular formula is C25H30N4O3. The molecule has 4 rings (SSSR count). The maximum absolute atomic E-state index is 12.7. The summed E-state index contributed by atoms with van der Waals surface area (Å²) in [6.45, 7) is 3.79. The van der Waals surface area contributed by atoms with E-state index in [9.17, 15) is 9.59 Å². The number of hydrogen-bond donors (Lipinski definition) is 3. The van der Waals surface area contributed by atoms with Gasteiger partial charge < -0.3 is 25.3 Å². The molecular weight excluding hydrogens is 404 g/mol. The number of urea groups is 1. The molecule has 0 aliphatic carbocycles. The molecule has 3 aromatic rings. The number of carbonyl (C=O) groups is 2. The number of aryl methyl sites for hydroxylation is 1. The zero-order chi connectivity index (χ0) is 22.5. The third kappa shape index (κ3) is 4.72. The van der Waals surface area contributed by atoms with Gasteiger partial charge >= 0.3 is 6.03 Å². The Balaban J connectivity index is 1.24. The number of methoxy groups -OCH3 is 1. The number of nitrogens with one attached hydrogen (secondary N) is 3. The van der Waals surface area contributed by atoms with Crippen LogP contribution in [0.5, 0.6) is 5.75 Å². The average Bonchev–Trinajstić information content (AvgIpc) is 3.14. The summed E-state index contributed by atoms with van der Waals surface area (Å²) in [6.07, 6.45) is 2.07. The first kappa shape index (κ1) is 21.7. The molecule has 1 aromatic heterocycles.